The van der Waals surface area contributed by atoms with Crippen molar-refractivity contribution in [1.82, 2.24) is 5.32 Å². The maximum atomic E-state index is 12.9. The van der Waals surface area contributed by atoms with Gasteiger partial charge in [0.1, 0.15) is 5.82 Å². The number of hydrogen-bond acceptors (Lipinski definition) is 3. The van der Waals surface area contributed by atoms with Crippen molar-refractivity contribution in [1.29, 1.82) is 0 Å². The van der Waals surface area contributed by atoms with Gasteiger partial charge in [0.2, 0.25) is 0 Å². The monoisotopic (exact) mass is 281 g/mol. The lowest BCUT2D eigenvalue weighted by Gasteiger charge is -2.04. The Bertz CT molecular complexity index is 457. The molecule has 1 nitrogen and oxygen atoms in total. The predicted octanol–water partition coefficient (Wildman–Crippen LogP) is 3.81. The fourth-order valence-corrected chi connectivity index (χ4v) is 3.15. The third-order valence-electron chi connectivity index (χ3n) is 2.51. The van der Waals surface area contributed by atoms with Crippen LogP contribution in [0, 0.1) is 5.82 Å². The topological polar surface area (TPSA) is 12.0 Å². The van der Waals surface area contributed by atoms with Crippen LogP contribution in [0.4, 0.5) is 4.39 Å². The van der Waals surface area contributed by atoms with E-state index in [1.807, 2.05) is 6.07 Å². The molecule has 0 fully saturated rings. The first-order valence-electron chi connectivity index (χ1n) is 5.95. The Balaban J connectivity index is 1.56. The smallest absolute Gasteiger partial charge is 0.124 e. The highest BCUT2D eigenvalue weighted by molar-refractivity contribution is 7.99. The fraction of sp³-hybridized carbons (Fsp3) is 0.286. The molecule has 2 aromatic rings. The minimum Gasteiger partial charge on any atom is -0.316 e. The van der Waals surface area contributed by atoms with Gasteiger partial charge in [-0.25, -0.2) is 4.39 Å². The van der Waals surface area contributed by atoms with Gasteiger partial charge < -0.3 is 5.32 Å². The first-order valence-corrected chi connectivity index (χ1v) is 7.87. The van der Waals surface area contributed by atoms with Crippen molar-refractivity contribution >= 4 is 23.1 Å². The average Bonchev–Trinajstić information content (AvgIpc) is 2.87. The Hall–Kier alpha value is -0.840. The molecule has 0 saturated carbocycles. The van der Waals surface area contributed by atoms with Gasteiger partial charge in [-0.3, -0.25) is 0 Å². The summed E-state index contributed by atoms with van der Waals surface area (Å²) in [7, 11) is 0. The van der Waals surface area contributed by atoms with Crippen molar-refractivity contribution in [3.05, 3.63) is 52.5 Å². The van der Waals surface area contributed by atoms with Gasteiger partial charge >= 0.3 is 0 Å². The number of rotatable bonds is 7. The molecule has 1 aromatic carbocycles. The van der Waals surface area contributed by atoms with Crippen molar-refractivity contribution in [2.75, 3.05) is 18.8 Å². The zero-order valence-electron chi connectivity index (χ0n) is 10.1. The molecule has 0 atom stereocenters. The molecule has 1 N–H and O–H groups in total. The summed E-state index contributed by atoms with van der Waals surface area (Å²) in [6, 6.07) is 8.91. The van der Waals surface area contributed by atoms with E-state index in [9.17, 15) is 4.39 Å². The number of thiophene rings is 1. The van der Waals surface area contributed by atoms with Crippen LogP contribution < -0.4 is 5.32 Å². The largest absolute Gasteiger partial charge is 0.316 e. The lowest BCUT2D eigenvalue weighted by molar-refractivity contribution is 0.624. The Morgan fingerprint density at radius 2 is 2.17 bits per heavy atom. The van der Waals surface area contributed by atoms with Crippen LogP contribution in [-0.4, -0.2) is 18.8 Å². The predicted molar refractivity (Wildman–Crippen MR) is 78.0 cm³/mol. The lowest BCUT2D eigenvalue weighted by atomic mass is 10.2. The van der Waals surface area contributed by atoms with Gasteiger partial charge in [0.15, 0.2) is 0 Å². The van der Waals surface area contributed by atoms with Gasteiger partial charge in [-0.1, -0.05) is 6.07 Å². The van der Waals surface area contributed by atoms with Crippen LogP contribution in [0.15, 0.2) is 46.0 Å². The number of nitrogens with one attached hydrogen (secondary N) is 1. The van der Waals surface area contributed by atoms with E-state index in [1.54, 1.807) is 35.2 Å². The maximum Gasteiger partial charge on any atom is 0.124 e. The molecule has 96 valence electrons. The Morgan fingerprint density at radius 1 is 1.22 bits per heavy atom. The van der Waals surface area contributed by atoms with Crippen molar-refractivity contribution in [2.24, 2.45) is 0 Å². The zero-order chi connectivity index (χ0) is 12.6. The molecule has 0 aliphatic heterocycles. The van der Waals surface area contributed by atoms with E-state index >= 15 is 0 Å². The van der Waals surface area contributed by atoms with E-state index in [1.165, 1.54) is 11.6 Å². The van der Waals surface area contributed by atoms with Crippen LogP contribution in [0.1, 0.15) is 5.56 Å². The highest BCUT2D eigenvalue weighted by atomic mass is 32.2. The minimum absolute atomic E-state index is 0.162. The molecular weight excluding hydrogens is 265 g/mol. The Labute approximate surface area is 115 Å². The number of halogens is 1. The van der Waals surface area contributed by atoms with Gasteiger partial charge in [-0.05, 0) is 53.6 Å². The van der Waals surface area contributed by atoms with E-state index in [-0.39, 0.29) is 5.82 Å². The molecule has 1 aromatic heterocycles. The van der Waals surface area contributed by atoms with Gasteiger partial charge in [-0.15, -0.1) is 11.8 Å². The Morgan fingerprint density at radius 3 is 2.94 bits per heavy atom. The first kappa shape index (κ1) is 13.6. The summed E-state index contributed by atoms with van der Waals surface area (Å²) in [5.74, 6) is 0.804. The second-order valence-corrected chi connectivity index (χ2v) is 5.89. The minimum atomic E-state index is -0.162. The fourth-order valence-electron chi connectivity index (χ4n) is 1.59. The molecule has 4 heteroatoms. The number of thioether (sulfide) groups is 1. The second-order valence-electron chi connectivity index (χ2n) is 3.94. The molecule has 0 saturated heterocycles. The highest BCUT2D eigenvalue weighted by Crippen LogP contribution is 2.17. The summed E-state index contributed by atoms with van der Waals surface area (Å²) in [5, 5.41) is 7.69. The molecular formula is C14H16FNS2. The highest BCUT2D eigenvalue weighted by Gasteiger charge is 1.96. The third-order valence-corrected chi connectivity index (χ3v) is 4.24. The van der Waals surface area contributed by atoms with Gasteiger partial charge in [0, 0.05) is 17.2 Å². The summed E-state index contributed by atoms with van der Waals surface area (Å²) < 4.78 is 12.9. The molecule has 18 heavy (non-hydrogen) atoms. The lowest BCUT2D eigenvalue weighted by Crippen LogP contribution is -2.19. The van der Waals surface area contributed by atoms with Crippen LogP contribution in [0.5, 0.6) is 0 Å². The van der Waals surface area contributed by atoms with E-state index in [0.717, 1.165) is 30.2 Å². The van der Waals surface area contributed by atoms with Crippen molar-refractivity contribution in [2.45, 2.75) is 11.3 Å². The van der Waals surface area contributed by atoms with E-state index in [4.69, 9.17) is 0 Å². The quantitative estimate of drug-likeness (QED) is 0.612. The zero-order valence-corrected chi connectivity index (χ0v) is 11.7. The van der Waals surface area contributed by atoms with E-state index in [2.05, 4.69) is 22.1 Å². The van der Waals surface area contributed by atoms with E-state index in [0.29, 0.717) is 0 Å². The molecule has 2 rings (SSSR count). The number of hydrogen-bond donors (Lipinski definition) is 1. The van der Waals surface area contributed by atoms with Crippen molar-refractivity contribution in [3.8, 4) is 0 Å². The standard InChI is InChI=1S/C14H16FNS2/c15-13-2-1-3-14(10-13)18-9-7-16-6-4-12-5-8-17-11-12/h1-3,5,8,10-11,16H,4,6-7,9H2. The first-order chi connectivity index (χ1) is 8.84. The summed E-state index contributed by atoms with van der Waals surface area (Å²) in [5.41, 5.74) is 1.39. The molecule has 0 spiro atoms. The van der Waals surface area contributed by atoms with Gasteiger partial charge in [0.05, 0.1) is 0 Å². The summed E-state index contributed by atoms with van der Waals surface area (Å²) in [4.78, 5) is 0.995. The normalized spacial score (nSPS) is 10.7. The van der Waals surface area contributed by atoms with Crippen LogP contribution in [-0.2, 0) is 6.42 Å². The molecule has 1 heterocycles. The van der Waals surface area contributed by atoms with Crippen molar-refractivity contribution in [3.63, 3.8) is 0 Å². The van der Waals surface area contributed by atoms with Crippen LogP contribution >= 0.6 is 23.1 Å². The second kappa shape index (κ2) is 7.56. The van der Waals surface area contributed by atoms with Gasteiger partial charge in [0.25, 0.3) is 0 Å². The third kappa shape index (κ3) is 4.80. The molecule has 0 amide bonds. The van der Waals surface area contributed by atoms with Crippen LogP contribution in [0.3, 0.4) is 0 Å². The molecule has 0 unspecified atom stereocenters. The summed E-state index contributed by atoms with van der Waals surface area (Å²) in [6.45, 7) is 1.95. The van der Waals surface area contributed by atoms with Crippen molar-refractivity contribution < 1.29 is 4.39 Å². The van der Waals surface area contributed by atoms with E-state index < -0.39 is 0 Å². The average molecular weight is 281 g/mol. The summed E-state index contributed by atoms with van der Waals surface area (Å²) >= 11 is 3.42. The number of benzene rings is 1. The van der Waals surface area contributed by atoms with Gasteiger partial charge in [-0.2, -0.15) is 11.3 Å². The van der Waals surface area contributed by atoms with Crippen LogP contribution in [0.2, 0.25) is 0 Å². The molecule has 0 aliphatic rings. The summed E-state index contributed by atoms with van der Waals surface area (Å²) in [6.07, 6.45) is 1.08. The molecule has 0 aliphatic carbocycles. The molecule has 0 radical (unpaired) electrons. The SMILES string of the molecule is Fc1cccc(SCCNCCc2ccsc2)c1. The maximum absolute atomic E-state index is 12.9. The molecule has 0 bridgehead atoms. The van der Waals surface area contributed by atoms with Crippen LogP contribution in [0.25, 0.3) is 0 Å². The Kier molecular flexibility index (Phi) is 5.71.